The van der Waals surface area contributed by atoms with Gasteiger partial charge in [-0.3, -0.25) is 4.79 Å². The minimum Gasteiger partial charge on any atom is -0.497 e. The molecule has 1 heterocycles. The van der Waals surface area contributed by atoms with Crippen molar-refractivity contribution in [2.24, 2.45) is 0 Å². The van der Waals surface area contributed by atoms with Gasteiger partial charge in [0.05, 0.1) is 20.8 Å². The highest BCUT2D eigenvalue weighted by atomic mass is 79.9. The van der Waals surface area contributed by atoms with Crippen LogP contribution in [0, 0.1) is 0 Å². The fourth-order valence-corrected chi connectivity index (χ4v) is 2.70. The number of nitrogens with one attached hydrogen (secondary N) is 1. The first-order chi connectivity index (χ1) is 13.0. The number of nitrogens with two attached hydrogens (primary N) is 1. The smallest absolute Gasteiger partial charge is 0.280 e. The molecule has 3 N–H and O–H groups in total. The Bertz CT molecular complexity index is 934. The Morgan fingerprint density at radius 2 is 1.78 bits per heavy atom. The Morgan fingerprint density at radius 3 is 2.37 bits per heavy atom. The van der Waals surface area contributed by atoms with Gasteiger partial charge in [-0.1, -0.05) is 33.3 Å². The second-order valence-electron chi connectivity index (χ2n) is 5.66. The molecule has 0 fully saturated rings. The Balaban J connectivity index is 1.78. The summed E-state index contributed by atoms with van der Waals surface area (Å²) in [5.74, 6) is 0.822. The van der Waals surface area contributed by atoms with Gasteiger partial charge in [-0.15, -0.1) is 5.10 Å². The van der Waals surface area contributed by atoms with Crippen molar-refractivity contribution in [3.05, 3.63) is 58.2 Å². The predicted octanol–water partition coefficient (Wildman–Crippen LogP) is 2.94. The summed E-state index contributed by atoms with van der Waals surface area (Å²) in [6.45, 7) is 0.409. The van der Waals surface area contributed by atoms with E-state index in [1.54, 1.807) is 18.2 Å². The van der Waals surface area contributed by atoms with E-state index in [-0.39, 0.29) is 11.5 Å². The maximum atomic E-state index is 12.5. The molecule has 0 aliphatic rings. The van der Waals surface area contributed by atoms with Gasteiger partial charge in [0, 0.05) is 28.4 Å². The quantitative estimate of drug-likeness (QED) is 0.621. The topological polar surface area (TPSA) is 104 Å². The second-order valence-corrected chi connectivity index (χ2v) is 6.58. The number of nitrogen functional groups attached to an aromatic ring is 1. The number of methoxy groups -OCH3 is 2. The van der Waals surface area contributed by atoms with Crippen molar-refractivity contribution in [3.8, 4) is 11.5 Å². The van der Waals surface area contributed by atoms with Crippen LogP contribution in [-0.4, -0.2) is 35.1 Å². The molecule has 1 amide bonds. The van der Waals surface area contributed by atoms with E-state index >= 15 is 0 Å². The molecular formula is C18H18BrN5O3. The largest absolute Gasteiger partial charge is 0.497 e. The lowest BCUT2D eigenvalue weighted by Gasteiger charge is -2.09. The first-order valence-corrected chi connectivity index (χ1v) is 8.77. The van der Waals surface area contributed by atoms with Crippen molar-refractivity contribution < 1.29 is 14.3 Å². The number of nitrogens with zero attached hydrogens (tertiary/aromatic N) is 3. The van der Waals surface area contributed by atoms with Crippen molar-refractivity contribution in [3.63, 3.8) is 0 Å². The number of carbonyl (C=O) groups excluding carboxylic acids is 1. The average molecular weight is 432 g/mol. The van der Waals surface area contributed by atoms with Gasteiger partial charge < -0.3 is 20.5 Å². The molecule has 0 unspecified atom stereocenters. The number of hydrogen-bond donors (Lipinski definition) is 2. The molecule has 0 aliphatic heterocycles. The maximum absolute atomic E-state index is 12.5. The zero-order valence-electron chi connectivity index (χ0n) is 14.8. The normalized spacial score (nSPS) is 10.5. The van der Waals surface area contributed by atoms with E-state index in [0.29, 0.717) is 23.7 Å². The summed E-state index contributed by atoms with van der Waals surface area (Å²) in [4.78, 5) is 12.5. The van der Waals surface area contributed by atoms with Gasteiger partial charge in [0.2, 0.25) is 0 Å². The predicted molar refractivity (Wildman–Crippen MR) is 105 cm³/mol. The molecule has 1 aromatic heterocycles. The van der Waals surface area contributed by atoms with Crippen molar-refractivity contribution in [2.45, 2.75) is 6.54 Å². The minimum atomic E-state index is -0.468. The average Bonchev–Trinajstić information content (AvgIpc) is 3.03. The Kier molecular flexibility index (Phi) is 5.60. The first-order valence-electron chi connectivity index (χ1n) is 7.98. The van der Waals surface area contributed by atoms with Crippen LogP contribution in [0.1, 0.15) is 16.1 Å². The zero-order chi connectivity index (χ0) is 19.4. The SMILES string of the molecule is COc1cc(NC(=O)c2nnn(Cc3ccc(Br)cc3)c2N)cc(OC)c1. The lowest BCUT2D eigenvalue weighted by atomic mass is 10.2. The first kappa shape index (κ1) is 18.7. The molecule has 9 heteroatoms. The Hall–Kier alpha value is -3.07. The van der Waals surface area contributed by atoms with E-state index in [1.807, 2.05) is 24.3 Å². The van der Waals surface area contributed by atoms with Gasteiger partial charge in [0.1, 0.15) is 11.5 Å². The summed E-state index contributed by atoms with van der Waals surface area (Å²) in [5.41, 5.74) is 7.60. The highest BCUT2D eigenvalue weighted by molar-refractivity contribution is 9.10. The van der Waals surface area contributed by atoms with Crippen LogP contribution in [0.2, 0.25) is 0 Å². The van der Waals surface area contributed by atoms with Gasteiger partial charge in [0.25, 0.3) is 5.91 Å². The van der Waals surface area contributed by atoms with Crippen LogP contribution in [0.3, 0.4) is 0 Å². The van der Waals surface area contributed by atoms with Gasteiger partial charge in [0.15, 0.2) is 11.5 Å². The Morgan fingerprint density at radius 1 is 1.15 bits per heavy atom. The summed E-state index contributed by atoms with van der Waals surface area (Å²) in [5, 5.41) is 10.6. The third-order valence-electron chi connectivity index (χ3n) is 3.84. The molecule has 2 aromatic carbocycles. The molecule has 0 atom stereocenters. The van der Waals surface area contributed by atoms with Crippen LogP contribution in [0.15, 0.2) is 46.9 Å². The number of anilines is 2. The number of benzene rings is 2. The lowest BCUT2D eigenvalue weighted by molar-refractivity contribution is 0.102. The van der Waals surface area contributed by atoms with E-state index in [4.69, 9.17) is 15.2 Å². The molecule has 140 valence electrons. The molecule has 8 nitrogen and oxygen atoms in total. The third-order valence-corrected chi connectivity index (χ3v) is 4.37. The van der Waals surface area contributed by atoms with E-state index < -0.39 is 5.91 Å². The fourth-order valence-electron chi connectivity index (χ4n) is 2.43. The molecule has 0 radical (unpaired) electrons. The highest BCUT2D eigenvalue weighted by Gasteiger charge is 2.18. The van der Waals surface area contributed by atoms with Crippen molar-refractivity contribution in [2.75, 3.05) is 25.3 Å². The van der Waals surface area contributed by atoms with Crippen LogP contribution in [-0.2, 0) is 6.54 Å². The molecule has 0 spiro atoms. The summed E-state index contributed by atoms with van der Waals surface area (Å²) in [6.07, 6.45) is 0. The fraction of sp³-hybridized carbons (Fsp3) is 0.167. The number of ether oxygens (including phenoxy) is 2. The van der Waals surface area contributed by atoms with Gasteiger partial charge >= 0.3 is 0 Å². The van der Waals surface area contributed by atoms with Crippen LogP contribution in [0.25, 0.3) is 0 Å². The minimum absolute atomic E-state index is 0.0499. The number of halogens is 1. The molecule has 0 bridgehead atoms. The molecule has 3 aromatic rings. The van der Waals surface area contributed by atoms with Crippen molar-refractivity contribution >= 4 is 33.3 Å². The molecule has 27 heavy (non-hydrogen) atoms. The molecule has 0 saturated carbocycles. The number of hydrogen-bond acceptors (Lipinski definition) is 6. The zero-order valence-corrected chi connectivity index (χ0v) is 16.4. The van der Waals surface area contributed by atoms with E-state index in [1.165, 1.54) is 18.9 Å². The van der Waals surface area contributed by atoms with Crippen LogP contribution in [0.5, 0.6) is 11.5 Å². The number of carbonyl (C=O) groups is 1. The second kappa shape index (κ2) is 8.09. The van der Waals surface area contributed by atoms with Gasteiger partial charge in [-0.2, -0.15) is 0 Å². The van der Waals surface area contributed by atoms with Gasteiger partial charge in [-0.25, -0.2) is 4.68 Å². The molecule has 3 rings (SSSR count). The summed E-state index contributed by atoms with van der Waals surface area (Å²) < 4.78 is 12.8. The maximum Gasteiger partial charge on any atom is 0.280 e. The standard InChI is InChI=1S/C18H18BrN5O3/c1-26-14-7-13(8-15(9-14)27-2)21-18(25)16-17(20)24(23-22-16)10-11-3-5-12(19)6-4-11/h3-9H,10,20H2,1-2H3,(H,21,25). The van der Waals surface area contributed by atoms with E-state index in [2.05, 4.69) is 31.6 Å². The number of rotatable bonds is 6. The number of aromatic nitrogens is 3. The summed E-state index contributed by atoms with van der Waals surface area (Å²) in [7, 11) is 3.07. The van der Waals surface area contributed by atoms with Crippen LogP contribution < -0.4 is 20.5 Å². The molecule has 0 aliphatic carbocycles. The highest BCUT2D eigenvalue weighted by Crippen LogP contribution is 2.26. The van der Waals surface area contributed by atoms with Gasteiger partial charge in [-0.05, 0) is 17.7 Å². The Labute approximate surface area is 164 Å². The van der Waals surface area contributed by atoms with Crippen molar-refractivity contribution in [1.82, 2.24) is 15.0 Å². The van der Waals surface area contributed by atoms with E-state index in [9.17, 15) is 4.79 Å². The molecule has 0 saturated heterocycles. The number of amides is 1. The van der Waals surface area contributed by atoms with E-state index in [0.717, 1.165) is 10.0 Å². The third kappa shape index (κ3) is 4.37. The van der Waals surface area contributed by atoms with Crippen LogP contribution >= 0.6 is 15.9 Å². The lowest BCUT2D eigenvalue weighted by Crippen LogP contribution is -2.15. The van der Waals surface area contributed by atoms with Crippen molar-refractivity contribution in [1.29, 1.82) is 0 Å². The van der Waals surface area contributed by atoms with Crippen LogP contribution in [0.4, 0.5) is 11.5 Å². The summed E-state index contributed by atoms with van der Waals surface area (Å²) in [6, 6.07) is 12.8. The monoisotopic (exact) mass is 431 g/mol. The summed E-state index contributed by atoms with van der Waals surface area (Å²) >= 11 is 3.39. The molecular weight excluding hydrogens is 414 g/mol.